The predicted molar refractivity (Wildman–Crippen MR) is 56.2 cm³/mol. The smallest absolute Gasteiger partial charge is 0.308 e. The molecule has 1 fully saturated rings. The first kappa shape index (κ1) is 11.5. The summed E-state index contributed by atoms with van der Waals surface area (Å²) in [7, 11) is 0. The Morgan fingerprint density at radius 2 is 2.07 bits per heavy atom. The van der Waals surface area contributed by atoms with E-state index in [4.69, 9.17) is 5.11 Å². The van der Waals surface area contributed by atoms with Gasteiger partial charge in [-0.1, -0.05) is 26.7 Å². The Bertz CT molecular complexity index is 192. The number of hydrogen-bond donors (Lipinski definition) is 2. The Kier molecular flexibility index (Phi) is 4.39. The maximum Gasteiger partial charge on any atom is 0.308 e. The second-order valence-electron chi connectivity index (χ2n) is 4.64. The minimum atomic E-state index is -0.633. The second-order valence-corrected chi connectivity index (χ2v) is 4.64. The Morgan fingerprint density at radius 3 is 2.64 bits per heavy atom. The third kappa shape index (κ3) is 3.29. The van der Waals surface area contributed by atoms with Gasteiger partial charge in [-0.05, 0) is 25.3 Å². The summed E-state index contributed by atoms with van der Waals surface area (Å²) in [6.07, 6.45) is 4.09. The number of carboxylic acid groups (broad SMARTS) is 1. The van der Waals surface area contributed by atoms with Gasteiger partial charge in [0.25, 0.3) is 0 Å². The topological polar surface area (TPSA) is 49.3 Å². The van der Waals surface area contributed by atoms with Crippen LogP contribution in [0.25, 0.3) is 0 Å². The molecule has 3 nitrogen and oxygen atoms in total. The second kappa shape index (κ2) is 5.35. The van der Waals surface area contributed by atoms with Crippen molar-refractivity contribution in [1.82, 2.24) is 5.32 Å². The molecule has 0 radical (unpaired) electrons. The first-order chi connectivity index (χ1) is 6.61. The highest BCUT2D eigenvalue weighted by atomic mass is 16.4. The zero-order valence-corrected chi connectivity index (χ0v) is 9.12. The highest BCUT2D eigenvalue weighted by Gasteiger charge is 2.30. The molecule has 0 aliphatic heterocycles. The van der Waals surface area contributed by atoms with Crippen LogP contribution in [0.2, 0.25) is 0 Å². The van der Waals surface area contributed by atoms with Crippen LogP contribution in [0.5, 0.6) is 0 Å². The van der Waals surface area contributed by atoms with E-state index in [9.17, 15) is 4.79 Å². The van der Waals surface area contributed by atoms with E-state index in [0.717, 1.165) is 25.8 Å². The van der Waals surface area contributed by atoms with Crippen molar-refractivity contribution < 1.29 is 9.90 Å². The summed E-state index contributed by atoms with van der Waals surface area (Å²) < 4.78 is 0. The Balaban J connectivity index is 2.42. The van der Waals surface area contributed by atoms with Crippen LogP contribution >= 0.6 is 0 Å². The van der Waals surface area contributed by atoms with Crippen molar-refractivity contribution in [3.05, 3.63) is 0 Å². The van der Waals surface area contributed by atoms with E-state index in [1.165, 1.54) is 6.42 Å². The molecule has 1 rings (SSSR count). The average molecular weight is 199 g/mol. The summed E-state index contributed by atoms with van der Waals surface area (Å²) in [4.78, 5) is 11.0. The predicted octanol–water partition coefficient (Wildman–Crippen LogP) is 1.88. The quantitative estimate of drug-likeness (QED) is 0.726. The fourth-order valence-electron chi connectivity index (χ4n) is 2.06. The molecule has 0 aromatic rings. The van der Waals surface area contributed by atoms with Gasteiger partial charge in [0.2, 0.25) is 0 Å². The molecule has 0 spiro atoms. The fourth-order valence-corrected chi connectivity index (χ4v) is 2.06. The van der Waals surface area contributed by atoms with Gasteiger partial charge in [-0.25, -0.2) is 0 Å². The Hall–Kier alpha value is -0.570. The van der Waals surface area contributed by atoms with Gasteiger partial charge in [0.15, 0.2) is 0 Å². The summed E-state index contributed by atoms with van der Waals surface area (Å²) in [5, 5.41) is 12.4. The van der Waals surface area contributed by atoms with Crippen molar-refractivity contribution >= 4 is 5.97 Å². The molecule has 0 aromatic carbocycles. The molecule has 0 aromatic heterocycles. The molecule has 1 aliphatic rings. The lowest BCUT2D eigenvalue weighted by Crippen LogP contribution is -2.43. The molecule has 82 valence electrons. The molecule has 2 N–H and O–H groups in total. The minimum Gasteiger partial charge on any atom is -0.481 e. The maximum atomic E-state index is 11.0. The van der Waals surface area contributed by atoms with Crippen molar-refractivity contribution in [2.75, 3.05) is 6.54 Å². The maximum absolute atomic E-state index is 11.0. The number of carboxylic acids is 1. The normalized spacial score (nSPS) is 27.9. The van der Waals surface area contributed by atoms with Crippen LogP contribution in [-0.2, 0) is 4.79 Å². The van der Waals surface area contributed by atoms with Crippen molar-refractivity contribution in [3.63, 3.8) is 0 Å². The van der Waals surface area contributed by atoms with Crippen molar-refractivity contribution in [1.29, 1.82) is 0 Å². The van der Waals surface area contributed by atoms with Gasteiger partial charge in [-0.15, -0.1) is 0 Å². The lowest BCUT2D eigenvalue weighted by atomic mass is 9.84. The van der Waals surface area contributed by atoms with E-state index in [1.807, 2.05) is 0 Å². The molecule has 3 heteroatoms. The van der Waals surface area contributed by atoms with Crippen LogP contribution in [0.15, 0.2) is 0 Å². The van der Waals surface area contributed by atoms with Gasteiger partial charge < -0.3 is 10.4 Å². The van der Waals surface area contributed by atoms with Gasteiger partial charge in [0.1, 0.15) is 0 Å². The van der Waals surface area contributed by atoms with Gasteiger partial charge in [0.05, 0.1) is 5.92 Å². The van der Waals surface area contributed by atoms with Crippen LogP contribution in [0.3, 0.4) is 0 Å². The Labute approximate surface area is 85.9 Å². The SMILES string of the molecule is CC(C)CN[C@H]1CCCC[C@@H]1C(=O)O. The highest BCUT2D eigenvalue weighted by Crippen LogP contribution is 2.24. The molecule has 1 aliphatic carbocycles. The van der Waals surface area contributed by atoms with E-state index >= 15 is 0 Å². The van der Waals surface area contributed by atoms with Crippen LogP contribution in [-0.4, -0.2) is 23.7 Å². The molecule has 0 unspecified atom stereocenters. The molecule has 14 heavy (non-hydrogen) atoms. The van der Waals surface area contributed by atoms with Gasteiger partial charge in [-0.3, -0.25) is 4.79 Å². The molecule has 2 atom stereocenters. The van der Waals surface area contributed by atoms with Crippen LogP contribution in [0.1, 0.15) is 39.5 Å². The lowest BCUT2D eigenvalue weighted by Gasteiger charge is -2.30. The largest absolute Gasteiger partial charge is 0.481 e. The van der Waals surface area contributed by atoms with Crippen LogP contribution in [0.4, 0.5) is 0 Å². The van der Waals surface area contributed by atoms with Crippen molar-refractivity contribution in [3.8, 4) is 0 Å². The standard InChI is InChI=1S/C11H21NO2/c1-8(2)7-12-10-6-4-3-5-9(10)11(13)14/h8-10,12H,3-7H2,1-2H3,(H,13,14)/t9-,10-/m0/s1. The number of carbonyl (C=O) groups is 1. The first-order valence-corrected chi connectivity index (χ1v) is 5.57. The van der Waals surface area contributed by atoms with E-state index < -0.39 is 5.97 Å². The molecule has 0 bridgehead atoms. The van der Waals surface area contributed by atoms with Crippen molar-refractivity contribution in [2.45, 2.75) is 45.6 Å². The first-order valence-electron chi connectivity index (χ1n) is 5.57. The molecule has 0 amide bonds. The fraction of sp³-hybridized carbons (Fsp3) is 0.909. The lowest BCUT2D eigenvalue weighted by molar-refractivity contribution is -0.143. The summed E-state index contributed by atoms with van der Waals surface area (Å²) in [5.74, 6) is -0.208. The zero-order valence-electron chi connectivity index (χ0n) is 9.12. The highest BCUT2D eigenvalue weighted by molar-refractivity contribution is 5.71. The summed E-state index contributed by atoms with van der Waals surface area (Å²) in [6.45, 7) is 5.21. The zero-order chi connectivity index (χ0) is 10.6. The summed E-state index contributed by atoms with van der Waals surface area (Å²) in [5.41, 5.74) is 0. The van der Waals surface area contributed by atoms with Gasteiger partial charge in [0, 0.05) is 6.04 Å². The van der Waals surface area contributed by atoms with Gasteiger partial charge >= 0.3 is 5.97 Å². The third-order valence-corrected chi connectivity index (χ3v) is 2.87. The van der Waals surface area contributed by atoms with E-state index in [1.54, 1.807) is 0 Å². The molecule has 0 heterocycles. The molecule has 1 saturated carbocycles. The van der Waals surface area contributed by atoms with E-state index in [-0.39, 0.29) is 12.0 Å². The van der Waals surface area contributed by atoms with Gasteiger partial charge in [-0.2, -0.15) is 0 Å². The molecular formula is C11H21NO2. The van der Waals surface area contributed by atoms with E-state index in [2.05, 4.69) is 19.2 Å². The number of aliphatic carboxylic acids is 1. The molecular weight excluding hydrogens is 178 g/mol. The average Bonchev–Trinajstić information content (AvgIpc) is 2.15. The minimum absolute atomic E-state index is 0.164. The van der Waals surface area contributed by atoms with Crippen molar-refractivity contribution in [2.24, 2.45) is 11.8 Å². The van der Waals surface area contributed by atoms with E-state index in [0.29, 0.717) is 5.92 Å². The Morgan fingerprint density at radius 1 is 1.43 bits per heavy atom. The summed E-state index contributed by atoms with van der Waals surface area (Å²) in [6, 6.07) is 0.198. The number of hydrogen-bond acceptors (Lipinski definition) is 2. The summed E-state index contributed by atoms with van der Waals surface area (Å²) >= 11 is 0. The monoisotopic (exact) mass is 199 g/mol. The number of rotatable bonds is 4. The number of nitrogens with one attached hydrogen (secondary N) is 1. The third-order valence-electron chi connectivity index (χ3n) is 2.87. The van der Waals surface area contributed by atoms with Crippen LogP contribution < -0.4 is 5.32 Å². The van der Waals surface area contributed by atoms with Crippen LogP contribution in [0, 0.1) is 11.8 Å². The molecule has 0 saturated heterocycles.